The molecule has 3 amide bonds. The van der Waals surface area contributed by atoms with Crippen LogP contribution in [0, 0.1) is 23.2 Å². The van der Waals surface area contributed by atoms with E-state index in [1.165, 1.54) is 11.3 Å². The first-order valence-electron chi connectivity index (χ1n) is 7.94. The molecule has 0 radical (unpaired) electrons. The lowest BCUT2D eigenvalue weighted by Gasteiger charge is -2.14. The van der Waals surface area contributed by atoms with Crippen molar-refractivity contribution in [1.29, 1.82) is 5.26 Å². The second kappa shape index (κ2) is 7.49. The van der Waals surface area contributed by atoms with Gasteiger partial charge in [0.15, 0.2) is 6.61 Å². The van der Waals surface area contributed by atoms with Crippen molar-refractivity contribution < 1.29 is 23.9 Å². The van der Waals surface area contributed by atoms with Gasteiger partial charge in [0.25, 0.3) is 5.91 Å². The highest BCUT2D eigenvalue weighted by Gasteiger charge is 2.47. The average Bonchev–Trinajstić information content (AvgIpc) is 3.18. The van der Waals surface area contributed by atoms with E-state index in [0.717, 1.165) is 4.90 Å². The Morgan fingerprint density at radius 1 is 1.27 bits per heavy atom. The molecule has 1 aliphatic carbocycles. The summed E-state index contributed by atoms with van der Waals surface area (Å²) >= 11 is 1.18. The van der Waals surface area contributed by atoms with Crippen LogP contribution in [0.5, 0.6) is 0 Å². The fraction of sp³-hybridized carbons (Fsp3) is 0.353. The van der Waals surface area contributed by atoms with Crippen LogP contribution in [0.25, 0.3) is 0 Å². The lowest BCUT2D eigenvalue weighted by Crippen LogP contribution is -2.37. The Morgan fingerprint density at radius 3 is 2.54 bits per heavy atom. The molecule has 0 aromatic carbocycles. The fourth-order valence-corrected chi connectivity index (χ4v) is 3.76. The third-order valence-corrected chi connectivity index (χ3v) is 5.12. The maximum Gasteiger partial charge on any atom is 0.326 e. The van der Waals surface area contributed by atoms with Gasteiger partial charge in [-0.25, -0.2) is 0 Å². The molecule has 1 aliphatic heterocycles. The zero-order chi connectivity index (χ0) is 18.7. The molecule has 0 bridgehead atoms. The van der Waals surface area contributed by atoms with Gasteiger partial charge in [-0.3, -0.25) is 24.1 Å². The number of hydrogen-bond donors (Lipinski definition) is 1. The quantitative estimate of drug-likeness (QED) is 0.468. The number of likely N-dealkylation sites (tertiary alicyclic amines) is 1. The number of hydrogen-bond acceptors (Lipinski definition) is 7. The number of ether oxygens (including phenoxy) is 1. The van der Waals surface area contributed by atoms with Crippen LogP contribution in [0.4, 0.5) is 5.00 Å². The van der Waals surface area contributed by atoms with Gasteiger partial charge in [-0.2, -0.15) is 5.26 Å². The number of allylic oxidation sites excluding steroid dienone is 2. The van der Waals surface area contributed by atoms with Crippen molar-refractivity contribution in [3.05, 3.63) is 29.2 Å². The van der Waals surface area contributed by atoms with Gasteiger partial charge in [0, 0.05) is 0 Å². The Labute approximate surface area is 153 Å². The molecule has 3 rings (SSSR count). The van der Waals surface area contributed by atoms with Gasteiger partial charge in [0.2, 0.25) is 11.8 Å². The summed E-state index contributed by atoms with van der Waals surface area (Å²) < 4.78 is 4.85. The van der Waals surface area contributed by atoms with Crippen LogP contribution in [0.2, 0.25) is 0 Å². The van der Waals surface area contributed by atoms with Crippen LogP contribution in [-0.4, -0.2) is 41.7 Å². The van der Waals surface area contributed by atoms with Gasteiger partial charge in [-0.15, -0.1) is 11.3 Å². The second-order valence-electron chi connectivity index (χ2n) is 5.90. The van der Waals surface area contributed by atoms with E-state index >= 15 is 0 Å². The van der Waals surface area contributed by atoms with E-state index in [0.29, 0.717) is 23.4 Å². The molecule has 1 N–H and O–H groups in total. The average molecular weight is 373 g/mol. The molecular formula is C17H15N3O5S. The van der Waals surface area contributed by atoms with Crippen LogP contribution < -0.4 is 5.32 Å². The zero-order valence-corrected chi connectivity index (χ0v) is 14.5. The van der Waals surface area contributed by atoms with Crippen LogP contribution in [0.3, 0.4) is 0 Å². The number of anilines is 1. The zero-order valence-electron chi connectivity index (χ0n) is 13.6. The van der Waals surface area contributed by atoms with Crippen molar-refractivity contribution in [2.45, 2.75) is 12.8 Å². The number of nitrogens with zero attached hydrogens (tertiary/aromatic N) is 2. The monoisotopic (exact) mass is 373 g/mol. The Bertz CT molecular complexity index is 812. The highest BCUT2D eigenvalue weighted by molar-refractivity contribution is 7.14. The Hall–Kier alpha value is -2.99. The number of fused-ring (bicyclic) bond motifs is 1. The number of imide groups is 1. The molecule has 2 atom stereocenters. The van der Waals surface area contributed by atoms with Crippen LogP contribution in [0.1, 0.15) is 18.4 Å². The Morgan fingerprint density at radius 2 is 1.92 bits per heavy atom. The van der Waals surface area contributed by atoms with Crippen LogP contribution in [0.15, 0.2) is 23.6 Å². The number of nitriles is 1. The summed E-state index contributed by atoms with van der Waals surface area (Å²) in [5.74, 6) is -3.00. The highest BCUT2D eigenvalue weighted by Crippen LogP contribution is 2.34. The summed E-state index contributed by atoms with van der Waals surface area (Å²) in [6, 6.07) is 3.49. The van der Waals surface area contributed by atoms with Gasteiger partial charge in [-0.05, 0) is 24.3 Å². The van der Waals surface area contributed by atoms with Crippen LogP contribution >= 0.6 is 11.3 Å². The van der Waals surface area contributed by atoms with Crippen molar-refractivity contribution in [3.8, 4) is 6.07 Å². The molecule has 8 nitrogen and oxygen atoms in total. The first kappa shape index (κ1) is 17.8. The number of amides is 3. The molecule has 1 saturated heterocycles. The summed E-state index contributed by atoms with van der Waals surface area (Å²) in [5.41, 5.74) is 0.319. The lowest BCUT2D eigenvalue weighted by molar-refractivity contribution is -0.154. The number of carbonyl (C=O) groups excluding carboxylic acids is 4. The smallest absolute Gasteiger partial charge is 0.326 e. The van der Waals surface area contributed by atoms with Gasteiger partial charge in [0.1, 0.15) is 17.6 Å². The van der Waals surface area contributed by atoms with E-state index in [4.69, 9.17) is 10.00 Å². The molecule has 9 heteroatoms. The predicted molar refractivity (Wildman–Crippen MR) is 90.7 cm³/mol. The maximum atomic E-state index is 12.3. The summed E-state index contributed by atoms with van der Waals surface area (Å²) in [5, 5.41) is 13.4. The largest absolute Gasteiger partial charge is 0.454 e. The lowest BCUT2D eigenvalue weighted by atomic mass is 9.85. The summed E-state index contributed by atoms with van der Waals surface area (Å²) in [7, 11) is 0. The van der Waals surface area contributed by atoms with E-state index in [9.17, 15) is 19.2 Å². The number of thiophene rings is 1. The van der Waals surface area contributed by atoms with E-state index in [1.807, 2.05) is 18.2 Å². The number of rotatable bonds is 5. The minimum absolute atomic E-state index is 0.319. The first-order chi connectivity index (χ1) is 12.5. The van der Waals surface area contributed by atoms with Gasteiger partial charge in [-0.1, -0.05) is 12.2 Å². The molecule has 1 fully saturated rings. The normalized spacial score (nSPS) is 21.3. The van der Waals surface area contributed by atoms with Gasteiger partial charge in [0.05, 0.1) is 17.4 Å². The third kappa shape index (κ3) is 3.50. The molecule has 0 unspecified atom stereocenters. The Balaban J connectivity index is 1.50. The van der Waals surface area contributed by atoms with Crippen molar-refractivity contribution in [1.82, 2.24) is 4.90 Å². The Kier molecular flexibility index (Phi) is 5.14. The molecule has 2 aliphatic rings. The molecule has 26 heavy (non-hydrogen) atoms. The number of esters is 1. The second-order valence-corrected chi connectivity index (χ2v) is 6.82. The van der Waals surface area contributed by atoms with Crippen molar-refractivity contribution in [2.24, 2.45) is 11.8 Å². The van der Waals surface area contributed by atoms with Gasteiger partial charge < -0.3 is 10.1 Å². The molecule has 134 valence electrons. The predicted octanol–water partition coefficient (Wildman–Crippen LogP) is 1.05. The van der Waals surface area contributed by atoms with E-state index in [-0.39, 0.29) is 11.8 Å². The molecule has 0 saturated carbocycles. The fourth-order valence-electron chi connectivity index (χ4n) is 3.00. The number of nitrogens with one attached hydrogen (secondary N) is 1. The third-order valence-electron chi connectivity index (χ3n) is 4.29. The summed E-state index contributed by atoms with van der Waals surface area (Å²) in [4.78, 5) is 49.2. The molecule has 0 spiro atoms. The molecular weight excluding hydrogens is 358 g/mol. The van der Waals surface area contributed by atoms with Gasteiger partial charge >= 0.3 is 5.97 Å². The van der Waals surface area contributed by atoms with Crippen molar-refractivity contribution in [3.63, 3.8) is 0 Å². The minimum atomic E-state index is -0.833. The number of carbonyl (C=O) groups is 4. The maximum absolute atomic E-state index is 12.3. The summed E-state index contributed by atoms with van der Waals surface area (Å²) in [6.45, 7) is -1.06. The molecule has 1 aromatic rings. The van der Waals surface area contributed by atoms with E-state index in [1.54, 1.807) is 11.4 Å². The molecule has 1 aromatic heterocycles. The van der Waals surface area contributed by atoms with Crippen LogP contribution in [-0.2, 0) is 23.9 Å². The topological polar surface area (TPSA) is 117 Å². The van der Waals surface area contributed by atoms with E-state index in [2.05, 4.69) is 5.32 Å². The molecule has 2 heterocycles. The van der Waals surface area contributed by atoms with Crippen molar-refractivity contribution in [2.75, 3.05) is 18.5 Å². The first-order valence-corrected chi connectivity index (χ1v) is 8.82. The SMILES string of the molecule is N#Cc1ccsc1NC(=O)COC(=O)CN1C(=O)[C@H]2CC=CC[C@H]2C1=O. The standard InChI is InChI=1S/C17H15N3O5S/c18-7-10-5-6-26-15(10)19-13(21)9-25-14(22)8-20-16(23)11-3-1-2-4-12(11)17(20)24/h1-2,5-6,11-12H,3-4,8-9H2,(H,19,21)/t11-,12+. The summed E-state index contributed by atoms with van der Waals surface area (Å²) in [6.07, 6.45) is 4.70. The highest BCUT2D eigenvalue weighted by atomic mass is 32.1. The minimum Gasteiger partial charge on any atom is -0.454 e. The van der Waals surface area contributed by atoms with Crippen molar-refractivity contribution >= 4 is 40.0 Å². The van der Waals surface area contributed by atoms with E-state index < -0.39 is 36.9 Å².